The molecule has 0 unspecified atom stereocenters. The fourth-order valence-electron chi connectivity index (χ4n) is 1.80. The fraction of sp³-hybridized carbons (Fsp3) is 0.385. The molecule has 2 heterocycles. The number of aromatic nitrogens is 4. The van der Waals surface area contributed by atoms with Gasteiger partial charge in [-0.2, -0.15) is 0 Å². The number of hydrogen-bond acceptors (Lipinski definition) is 5. The van der Waals surface area contributed by atoms with Crippen molar-refractivity contribution in [3.63, 3.8) is 0 Å². The average Bonchev–Trinajstić information content (AvgIpc) is 3.08. The number of nitrogens with zero attached hydrogens (tertiary/aromatic N) is 4. The number of halogens is 1. The highest BCUT2D eigenvalue weighted by Crippen LogP contribution is 2.18. The Morgan fingerprint density at radius 2 is 2.13 bits per heavy atom. The minimum atomic E-state index is -0.387. The van der Waals surface area contributed by atoms with E-state index in [1.165, 1.54) is 11.8 Å². The van der Waals surface area contributed by atoms with Crippen LogP contribution < -0.4 is 10.9 Å². The van der Waals surface area contributed by atoms with Gasteiger partial charge in [-0.05, 0) is 35.8 Å². The molecule has 0 radical (unpaired) electrons. The number of amides is 2. The van der Waals surface area contributed by atoms with Crippen molar-refractivity contribution in [3.8, 4) is 0 Å². The van der Waals surface area contributed by atoms with E-state index in [-0.39, 0.29) is 23.6 Å². The Bertz CT molecular complexity index is 711. The normalized spacial score (nSPS) is 10.8. The Labute approximate surface area is 146 Å². The molecule has 2 N–H and O–H groups in total. The van der Waals surface area contributed by atoms with E-state index < -0.39 is 0 Å². The van der Waals surface area contributed by atoms with E-state index in [4.69, 9.17) is 0 Å². The van der Waals surface area contributed by atoms with Crippen LogP contribution in [0.15, 0.2) is 28.2 Å². The van der Waals surface area contributed by atoms with Gasteiger partial charge in [0.05, 0.1) is 5.75 Å². The summed E-state index contributed by atoms with van der Waals surface area (Å²) in [7, 11) is 1.75. The molecule has 10 heteroatoms. The van der Waals surface area contributed by atoms with Crippen molar-refractivity contribution in [1.82, 2.24) is 30.2 Å². The van der Waals surface area contributed by atoms with E-state index in [9.17, 15) is 9.59 Å². The lowest BCUT2D eigenvalue weighted by atomic mass is 10.4. The van der Waals surface area contributed by atoms with E-state index in [1.807, 2.05) is 18.4 Å². The molecule has 0 spiro atoms. The van der Waals surface area contributed by atoms with Crippen molar-refractivity contribution in [1.29, 1.82) is 0 Å². The van der Waals surface area contributed by atoms with Crippen molar-refractivity contribution in [2.24, 2.45) is 7.05 Å². The van der Waals surface area contributed by atoms with Crippen molar-refractivity contribution in [2.75, 3.05) is 5.75 Å². The van der Waals surface area contributed by atoms with Crippen LogP contribution >= 0.6 is 27.7 Å². The number of hydrazine groups is 1. The fourth-order valence-corrected chi connectivity index (χ4v) is 3.16. The summed E-state index contributed by atoms with van der Waals surface area (Å²) in [5.74, 6) is -0.584. The van der Waals surface area contributed by atoms with E-state index in [1.54, 1.807) is 30.2 Å². The zero-order chi connectivity index (χ0) is 17.0. The van der Waals surface area contributed by atoms with Crippen molar-refractivity contribution in [3.05, 3.63) is 28.8 Å². The van der Waals surface area contributed by atoms with Gasteiger partial charge in [-0.3, -0.25) is 20.4 Å². The number of rotatable bonds is 5. The second-order valence-electron chi connectivity index (χ2n) is 5.06. The van der Waals surface area contributed by atoms with Crippen molar-refractivity contribution < 1.29 is 9.59 Å². The lowest BCUT2D eigenvalue weighted by molar-refractivity contribution is -0.119. The van der Waals surface area contributed by atoms with Crippen LogP contribution in [0.2, 0.25) is 0 Å². The van der Waals surface area contributed by atoms with Gasteiger partial charge in [-0.15, -0.1) is 10.2 Å². The predicted octanol–water partition coefficient (Wildman–Crippen LogP) is 1.51. The Hall–Kier alpha value is -1.81. The lowest BCUT2D eigenvalue weighted by Crippen LogP contribution is -2.43. The number of carbonyl (C=O) groups excluding carboxylic acids is 2. The van der Waals surface area contributed by atoms with Gasteiger partial charge < -0.3 is 9.13 Å². The average molecular weight is 401 g/mol. The standard InChI is InChI=1S/C13H17BrN6O2S/c1-8(2)20-7-15-18-13(20)23-6-11(21)16-17-12(22)10-4-9(14)5-19(10)3/h4-5,7-8H,6H2,1-3H3,(H,16,21)(H,17,22). The molecule has 2 aromatic rings. The first kappa shape index (κ1) is 17.5. The molecular weight excluding hydrogens is 384 g/mol. The van der Waals surface area contributed by atoms with Crippen LogP contribution in [0.25, 0.3) is 0 Å². The molecule has 0 saturated heterocycles. The Morgan fingerprint density at radius 1 is 1.39 bits per heavy atom. The maximum absolute atomic E-state index is 12.0. The summed E-state index contributed by atoms with van der Waals surface area (Å²) in [6.45, 7) is 4.01. The van der Waals surface area contributed by atoms with Crippen LogP contribution in [0.5, 0.6) is 0 Å². The molecule has 0 aliphatic rings. The highest BCUT2D eigenvalue weighted by Gasteiger charge is 2.13. The molecule has 2 rings (SSSR count). The monoisotopic (exact) mass is 400 g/mol. The summed E-state index contributed by atoms with van der Waals surface area (Å²) < 4.78 is 4.32. The Kier molecular flexibility index (Phi) is 5.83. The summed E-state index contributed by atoms with van der Waals surface area (Å²) in [6, 6.07) is 1.88. The van der Waals surface area contributed by atoms with E-state index in [2.05, 4.69) is 37.0 Å². The molecule has 2 aromatic heterocycles. The number of hydrogen-bond donors (Lipinski definition) is 2. The second-order valence-corrected chi connectivity index (χ2v) is 6.92. The molecule has 0 aliphatic heterocycles. The van der Waals surface area contributed by atoms with Crippen molar-refractivity contribution >= 4 is 39.5 Å². The SMILES string of the molecule is CC(C)n1cnnc1SCC(=O)NNC(=O)c1cc(Br)cn1C. The summed E-state index contributed by atoms with van der Waals surface area (Å²) >= 11 is 4.55. The predicted molar refractivity (Wildman–Crippen MR) is 89.9 cm³/mol. The molecule has 0 bridgehead atoms. The maximum atomic E-state index is 12.0. The van der Waals surface area contributed by atoms with E-state index >= 15 is 0 Å². The Morgan fingerprint density at radius 3 is 2.74 bits per heavy atom. The molecular formula is C13H17BrN6O2S. The van der Waals surface area contributed by atoms with Crippen LogP contribution in [0.1, 0.15) is 30.4 Å². The van der Waals surface area contributed by atoms with Gasteiger partial charge in [0.25, 0.3) is 5.91 Å². The summed E-state index contributed by atoms with van der Waals surface area (Å²) in [6.07, 6.45) is 3.38. The van der Waals surface area contributed by atoms with Crippen LogP contribution in [0.4, 0.5) is 0 Å². The zero-order valence-corrected chi connectivity index (χ0v) is 15.3. The van der Waals surface area contributed by atoms with E-state index in [0.717, 1.165) is 4.47 Å². The molecule has 0 saturated carbocycles. The third-order valence-corrected chi connectivity index (χ3v) is 4.34. The van der Waals surface area contributed by atoms with Crippen LogP contribution in [0, 0.1) is 0 Å². The van der Waals surface area contributed by atoms with Crippen LogP contribution in [0.3, 0.4) is 0 Å². The third kappa shape index (κ3) is 4.58. The number of aryl methyl sites for hydroxylation is 1. The van der Waals surface area contributed by atoms with Gasteiger partial charge >= 0.3 is 0 Å². The van der Waals surface area contributed by atoms with Gasteiger partial charge in [0.2, 0.25) is 5.91 Å². The first-order chi connectivity index (χ1) is 10.9. The summed E-state index contributed by atoms with van der Waals surface area (Å²) in [5, 5.41) is 8.46. The Balaban J connectivity index is 1.82. The molecule has 0 atom stereocenters. The first-order valence-electron chi connectivity index (χ1n) is 6.82. The summed E-state index contributed by atoms with van der Waals surface area (Å²) in [5.41, 5.74) is 5.20. The molecule has 23 heavy (non-hydrogen) atoms. The smallest absolute Gasteiger partial charge is 0.286 e. The van der Waals surface area contributed by atoms with Gasteiger partial charge in [0.1, 0.15) is 12.0 Å². The molecule has 0 aromatic carbocycles. The quantitative estimate of drug-likeness (QED) is 0.585. The van der Waals surface area contributed by atoms with Gasteiger partial charge in [0, 0.05) is 23.8 Å². The molecule has 0 aliphatic carbocycles. The topological polar surface area (TPSA) is 93.8 Å². The van der Waals surface area contributed by atoms with Gasteiger partial charge in [0.15, 0.2) is 5.16 Å². The minimum absolute atomic E-state index is 0.128. The van der Waals surface area contributed by atoms with Gasteiger partial charge in [-0.1, -0.05) is 11.8 Å². The third-order valence-electron chi connectivity index (χ3n) is 2.95. The number of nitrogens with one attached hydrogen (secondary N) is 2. The maximum Gasteiger partial charge on any atom is 0.286 e. The highest BCUT2D eigenvalue weighted by atomic mass is 79.9. The zero-order valence-electron chi connectivity index (χ0n) is 12.9. The van der Waals surface area contributed by atoms with E-state index in [0.29, 0.717) is 10.9 Å². The first-order valence-corrected chi connectivity index (χ1v) is 8.59. The second kappa shape index (κ2) is 7.64. The van der Waals surface area contributed by atoms with Gasteiger partial charge in [-0.25, -0.2) is 0 Å². The molecule has 0 fully saturated rings. The van der Waals surface area contributed by atoms with Crippen molar-refractivity contribution in [2.45, 2.75) is 25.0 Å². The summed E-state index contributed by atoms with van der Waals surface area (Å²) in [4.78, 5) is 23.8. The van der Waals surface area contributed by atoms with Crippen LogP contribution in [-0.4, -0.2) is 36.9 Å². The largest absolute Gasteiger partial charge is 0.345 e. The molecule has 124 valence electrons. The minimum Gasteiger partial charge on any atom is -0.345 e. The lowest BCUT2D eigenvalue weighted by Gasteiger charge is -2.10. The molecule has 8 nitrogen and oxygen atoms in total. The number of carbonyl (C=O) groups is 2. The molecule has 2 amide bonds. The number of thioether (sulfide) groups is 1. The highest BCUT2D eigenvalue weighted by molar-refractivity contribution is 9.10. The van der Waals surface area contributed by atoms with Crippen LogP contribution in [-0.2, 0) is 11.8 Å².